The Bertz CT molecular complexity index is 579. The van der Waals surface area contributed by atoms with Gasteiger partial charge in [0.2, 0.25) is 0 Å². The van der Waals surface area contributed by atoms with Crippen molar-refractivity contribution in [3.05, 3.63) is 24.3 Å². The van der Waals surface area contributed by atoms with Gasteiger partial charge in [-0.3, -0.25) is 13.8 Å². The zero-order valence-corrected chi connectivity index (χ0v) is 15.1. The molecule has 0 radical (unpaired) electrons. The van der Waals surface area contributed by atoms with E-state index in [9.17, 15) is 13.8 Å². The lowest BCUT2D eigenvalue weighted by Gasteiger charge is -2.17. The van der Waals surface area contributed by atoms with Crippen LogP contribution in [0, 0.1) is 5.41 Å². The highest BCUT2D eigenvalue weighted by Crippen LogP contribution is 2.21. The molecule has 1 aromatic rings. The quantitative estimate of drug-likeness (QED) is 0.618. The number of hydrogen-bond donors (Lipinski definition) is 2. The molecule has 1 atom stereocenters. The molecule has 1 aromatic carbocycles. The third kappa shape index (κ3) is 7.93. The first-order valence-corrected chi connectivity index (χ1v) is 9.27. The Kier molecular flexibility index (Phi) is 7.42. The number of rotatable bonds is 6. The van der Waals surface area contributed by atoms with Gasteiger partial charge in [0.25, 0.3) is 0 Å². The zero-order chi connectivity index (χ0) is 17.5. The minimum absolute atomic E-state index is 0.283. The summed E-state index contributed by atoms with van der Waals surface area (Å²) >= 11 is 0. The van der Waals surface area contributed by atoms with Crippen LogP contribution in [0.4, 0.5) is 5.69 Å². The first-order chi connectivity index (χ1) is 10.7. The van der Waals surface area contributed by atoms with Gasteiger partial charge in [-0.05, 0) is 36.5 Å². The second-order valence-corrected chi connectivity index (χ2v) is 8.09. The first-order valence-electron chi connectivity index (χ1n) is 7.72. The lowest BCUT2D eigenvalue weighted by Crippen LogP contribution is -2.35. The van der Waals surface area contributed by atoms with Crippen molar-refractivity contribution in [2.24, 2.45) is 5.41 Å². The SMILES string of the molecule is C[S@](=O)c1cccc(NC(=O)C(=O)NCCCCC(C)(C)C)c1. The van der Waals surface area contributed by atoms with Crippen LogP contribution in [0.3, 0.4) is 0 Å². The maximum absolute atomic E-state index is 11.8. The number of hydrogen-bond acceptors (Lipinski definition) is 3. The first kappa shape index (κ1) is 19.4. The minimum atomic E-state index is -1.13. The molecule has 5 nitrogen and oxygen atoms in total. The van der Waals surface area contributed by atoms with Gasteiger partial charge < -0.3 is 10.6 Å². The van der Waals surface area contributed by atoms with Crippen LogP contribution in [-0.4, -0.2) is 28.8 Å². The van der Waals surface area contributed by atoms with Crippen LogP contribution >= 0.6 is 0 Å². The van der Waals surface area contributed by atoms with Crippen molar-refractivity contribution in [1.29, 1.82) is 0 Å². The second kappa shape index (κ2) is 8.82. The Morgan fingerprint density at radius 1 is 1.13 bits per heavy atom. The Balaban J connectivity index is 2.38. The molecule has 128 valence electrons. The molecule has 0 bridgehead atoms. The van der Waals surface area contributed by atoms with E-state index >= 15 is 0 Å². The smallest absolute Gasteiger partial charge is 0.313 e. The molecule has 0 unspecified atom stereocenters. The highest BCUT2D eigenvalue weighted by molar-refractivity contribution is 7.84. The molecule has 0 aliphatic rings. The minimum Gasteiger partial charge on any atom is -0.348 e. The molecule has 0 heterocycles. The van der Waals surface area contributed by atoms with Gasteiger partial charge in [0, 0.05) is 34.2 Å². The number of unbranched alkanes of at least 4 members (excludes halogenated alkanes) is 1. The Morgan fingerprint density at radius 3 is 2.43 bits per heavy atom. The monoisotopic (exact) mass is 338 g/mol. The van der Waals surface area contributed by atoms with E-state index in [1.807, 2.05) is 0 Å². The molecular formula is C17H26N2O3S. The maximum atomic E-state index is 11.8. The molecule has 0 aliphatic carbocycles. The van der Waals surface area contributed by atoms with Crippen LogP contribution in [0.5, 0.6) is 0 Å². The fourth-order valence-electron chi connectivity index (χ4n) is 2.00. The van der Waals surface area contributed by atoms with E-state index in [0.717, 1.165) is 19.3 Å². The van der Waals surface area contributed by atoms with Crippen LogP contribution in [0.2, 0.25) is 0 Å². The van der Waals surface area contributed by atoms with Crippen molar-refractivity contribution >= 4 is 28.3 Å². The molecule has 6 heteroatoms. The summed E-state index contributed by atoms with van der Waals surface area (Å²) in [5, 5.41) is 5.13. The average Bonchev–Trinajstić information content (AvgIpc) is 2.45. The van der Waals surface area contributed by atoms with Crippen molar-refractivity contribution in [3.8, 4) is 0 Å². The molecular weight excluding hydrogens is 312 g/mol. The fourth-order valence-corrected chi connectivity index (χ4v) is 2.57. The number of benzene rings is 1. The topological polar surface area (TPSA) is 75.3 Å². The number of amides is 2. The summed E-state index contributed by atoms with van der Waals surface area (Å²) in [5.41, 5.74) is 0.747. The van der Waals surface area contributed by atoms with Gasteiger partial charge in [-0.15, -0.1) is 0 Å². The van der Waals surface area contributed by atoms with Gasteiger partial charge >= 0.3 is 11.8 Å². The molecule has 2 amide bonds. The van der Waals surface area contributed by atoms with Gasteiger partial charge in [-0.25, -0.2) is 0 Å². The summed E-state index contributed by atoms with van der Waals surface area (Å²) in [7, 11) is -1.13. The molecule has 0 spiro atoms. The van der Waals surface area contributed by atoms with Crippen molar-refractivity contribution in [2.45, 2.75) is 44.9 Å². The summed E-state index contributed by atoms with van der Waals surface area (Å²) in [6.45, 7) is 7.02. The fraction of sp³-hybridized carbons (Fsp3) is 0.529. The number of anilines is 1. The Labute approximate surface area is 140 Å². The van der Waals surface area contributed by atoms with E-state index in [-0.39, 0.29) is 5.41 Å². The van der Waals surface area contributed by atoms with Crippen molar-refractivity contribution < 1.29 is 13.8 Å². The summed E-state index contributed by atoms with van der Waals surface area (Å²) in [5.74, 6) is -1.36. The molecule has 23 heavy (non-hydrogen) atoms. The predicted molar refractivity (Wildman–Crippen MR) is 93.7 cm³/mol. The molecule has 0 aromatic heterocycles. The summed E-state index contributed by atoms with van der Waals surface area (Å²) < 4.78 is 11.4. The van der Waals surface area contributed by atoms with E-state index in [0.29, 0.717) is 17.1 Å². The largest absolute Gasteiger partial charge is 0.348 e. The highest BCUT2D eigenvalue weighted by atomic mass is 32.2. The average molecular weight is 338 g/mol. The molecule has 0 fully saturated rings. The molecule has 1 rings (SSSR count). The lowest BCUT2D eigenvalue weighted by atomic mass is 9.90. The van der Waals surface area contributed by atoms with Gasteiger partial charge in [0.05, 0.1) is 0 Å². The summed E-state index contributed by atoms with van der Waals surface area (Å²) in [4.78, 5) is 24.2. The van der Waals surface area contributed by atoms with Crippen LogP contribution in [-0.2, 0) is 20.4 Å². The van der Waals surface area contributed by atoms with Crippen molar-refractivity contribution in [3.63, 3.8) is 0 Å². The predicted octanol–water partition coefficient (Wildman–Crippen LogP) is 2.70. The normalized spacial score (nSPS) is 12.5. The van der Waals surface area contributed by atoms with Crippen molar-refractivity contribution in [1.82, 2.24) is 5.32 Å². The van der Waals surface area contributed by atoms with E-state index in [2.05, 4.69) is 31.4 Å². The van der Waals surface area contributed by atoms with Crippen LogP contribution in [0.25, 0.3) is 0 Å². The molecule has 0 saturated carbocycles. The molecule has 2 N–H and O–H groups in total. The van der Waals surface area contributed by atoms with E-state index < -0.39 is 22.6 Å². The van der Waals surface area contributed by atoms with Gasteiger partial charge in [0.1, 0.15) is 0 Å². The van der Waals surface area contributed by atoms with E-state index in [1.165, 1.54) is 0 Å². The standard InChI is InChI=1S/C17H26N2O3S/c1-17(2,3)10-5-6-11-18-15(20)16(21)19-13-8-7-9-14(12-13)23(4)22/h7-9,12H,5-6,10-11H2,1-4H3,(H,18,20)(H,19,21)/t23-/m0/s1. The third-order valence-corrected chi connectivity index (χ3v) is 4.19. The Morgan fingerprint density at radius 2 is 1.83 bits per heavy atom. The van der Waals surface area contributed by atoms with Crippen LogP contribution in [0.1, 0.15) is 40.0 Å². The second-order valence-electron chi connectivity index (χ2n) is 6.71. The number of nitrogens with one attached hydrogen (secondary N) is 2. The number of carbonyl (C=O) groups is 2. The maximum Gasteiger partial charge on any atom is 0.313 e. The van der Waals surface area contributed by atoms with Gasteiger partial charge in [-0.1, -0.05) is 33.3 Å². The van der Waals surface area contributed by atoms with E-state index in [1.54, 1.807) is 30.5 Å². The zero-order valence-electron chi connectivity index (χ0n) is 14.3. The van der Waals surface area contributed by atoms with Crippen LogP contribution in [0.15, 0.2) is 29.2 Å². The lowest BCUT2D eigenvalue weighted by molar-refractivity contribution is -0.136. The van der Waals surface area contributed by atoms with Gasteiger partial charge in [-0.2, -0.15) is 0 Å². The highest BCUT2D eigenvalue weighted by Gasteiger charge is 2.14. The molecule has 0 aliphatic heterocycles. The summed E-state index contributed by atoms with van der Waals surface area (Å²) in [6, 6.07) is 6.66. The van der Waals surface area contributed by atoms with Crippen molar-refractivity contribution in [2.75, 3.05) is 18.1 Å². The Hall–Kier alpha value is -1.69. The van der Waals surface area contributed by atoms with E-state index in [4.69, 9.17) is 0 Å². The molecule has 0 saturated heterocycles. The van der Waals surface area contributed by atoms with Gasteiger partial charge in [0.15, 0.2) is 0 Å². The number of carbonyl (C=O) groups excluding carboxylic acids is 2. The van der Waals surface area contributed by atoms with Crippen LogP contribution < -0.4 is 10.6 Å². The summed E-state index contributed by atoms with van der Waals surface area (Å²) in [6.07, 6.45) is 4.50. The third-order valence-electron chi connectivity index (χ3n) is 3.27.